The summed E-state index contributed by atoms with van der Waals surface area (Å²) in [7, 11) is 0. The second kappa shape index (κ2) is 9.21. The van der Waals surface area contributed by atoms with E-state index in [2.05, 4.69) is 39.7 Å². The Balaban J connectivity index is 0.00000116. The van der Waals surface area contributed by atoms with Crippen LogP contribution in [0.4, 0.5) is 0 Å². The first-order chi connectivity index (χ1) is 10.7. The largest absolute Gasteiger partial charge is 0.240 e. The second-order valence-corrected chi connectivity index (χ2v) is 5.21. The maximum atomic E-state index is 4.69. The summed E-state index contributed by atoms with van der Waals surface area (Å²) < 4.78 is 2.94. The van der Waals surface area contributed by atoms with Gasteiger partial charge in [0.05, 0.1) is 5.52 Å². The second-order valence-electron chi connectivity index (χ2n) is 4.29. The van der Waals surface area contributed by atoms with Crippen molar-refractivity contribution in [1.29, 1.82) is 0 Å². The molecule has 0 unspecified atom stereocenters. The van der Waals surface area contributed by atoms with Gasteiger partial charge in [-0.3, -0.25) is 0 Å². The highest BCUT2D eigenvalue weighted by Crippen LogP contribution is 2.27. The first-order valence-corrected chi connectivity index (χ1v) is 8.27. The normalized spacial score (nSPS) is 12.0. The van der Waals surface area contributed by atoms with E-state index < -0.39 is 0 Å². The van der Waals surface area contributed by atoms with Gasteiger partial charge in [-0.05, 0) is 26.0 Å². The standard InChI is InChI=1S/C17H17BrN2.C2H6/c1-4-7-13(8-5-2)17-15(9-6-3)16-12-14(18)10-11-20(16)19-17;1-2/h4-12H,1H2,2-3H3;1-2H3/b8-5-,9-6+,13-7+;. The molecule has 0 saturated carbocycles. The summed E-state index contributed by atoms with van der Waals surface area (Å²) in [6.07, 6.45) is 13.9. The first kappa shape index (κ1) is 18.2. The van der Waals surface area contributed by atoms with E-state index in [4.69, 9.17) is 0 Å². The van der Waals surface area contributed by atoms with Gasteiger partial charge in [-0.1, -0.05) is 72.8 Å². The maximum Gasteiger partial charge on any atom is 0.101 e. The number of pyridine rings is 1. The van der Waals surface area contributed by atoms with Gasteiger partial charge < -0.3 is 0 Å². The number of hydrogen-bond acceptors (Lipinski definition) is 1. The zero-order valence-corrected chi connectivity index (χ0v) is 15.3. The van der Waals surface area contributed by atoms with Gasteiger partial charge in [-0.2, -0.15) is 5.10 Å². The molecule has 2 aromatic heterocycles. The molecule has 0 spiro atoms. The van der Waals surface area contributed by atoms with Crippen molar-refractivity contribution in [2.75, 3.05) is 0 Å². The molecule has 0 radical (unpaired) electrons. The van der Waals surface area contributed by atoms with E-state index in [0.29, 0.717) is 0 Å². The zero-order valence-electron chi connectivity index (χ0n) is 13.7. The Labute approximate surface area is 141 Å². The summed E-state index contributed by atoms with van der Waals surface area (Å²) in [5.41, 5.74) is 4.20. The van der Waals surface area contributed by atoms with Crippen molar-refractivity contribution in [2.24, 2.45) is 0 Å². The number of aromatic nitrogens is 2. The van der Waals surface area contributed by atoms with Crippen molar-refractivity contribution in [3.8, 4) is 0 Å². The summed E-state index contributed by atoms with van der Waals surface area (Å²) >= 11 is 3.52. The van der Waals surface area contributed by atoms with Gasteiger partial charge in [0.1, 0.15) is 5.69 Å². The lowest BCUT2D eigenvalue weighted by molar-refractivity contribution is 0.950. The molecule has 0 fully saturated rings. The summed E-state index contributed by atoms with van der Waals surface area (Å²) in [5.74, 6) is 0. The van der Waals surface area contributed by atoms with Gasteiger partial charge in [0.15, 0.2) is 0 Å². The van der Waals surface area contributed by atoms with Crippen LogP contribution in [0.5, 0.6) is 0 Å². The number of allylic oxidation sites excluding steroid dienone is 6. The molecule has 0 bridgehead atoms. The smallest absolute Gasteiger partial charge is 0.101 e. The molecule has 0 N–H and O–H groups in total. The highest BCUT2D eigenvalue weighted by molar-refractivity contribution is 9.10. The molecule has 2 nitrogen and oxygen atoms in total. The van der Waals surface area contributed by atoms with Gasteiger partial charge in [-0.25, -0.2) is 4.52 Å². The molecule has 0 aliphatic carbocycles. The molecule has 0 atom stereocenters. The minimum atomic E-state index is 0.958. The van der Waals surface area contributed by atoms with Crippen LogP contribution in [0.3, 0.4) is 0 Å². The van der Waals surface area contributed by atoms with Crippen LogP contribution in [-0.2, 0) is 0 Å². The Morgan fingerprint density at radius 2 is 2.00 bits per heavy atom. The van der Waals surface area contributed by atoms with Crippen LogP contribution in [0.15, 0.2) is 59.8 Å². The van der Waals surface area contributed by atoms with E-state index in [1.807, 2.05) is 68.8 Å². The van der Waals surface area contributed by atoms with Crippen LogP contribution in [0.2, 0.25) is 0 Å². The molecule has 2 heterocycles. The fourth-order valence-electron chi connectivity index (χ4n) is 2.10. The van der Waals surface area contributed by atoms with Crippen molar-refractivity contribution in [3.63, 3.8) is 0 Å². The summed E-state index contributed by atoms with van der Waals surface area (Å²) in [6.45, 7) is 11.8. The van der Waals surface area contributed by atoms with Crippen molar-refractivity contribution < 1.29 is 0 Å². The molecular formula is C19H23BrN2. The Hall–Kier alpha value is -1.87. The highest BCUT2D eigenvalue weighted by Gasteiger charge is 2.12. The number of halogens is 1. The Morgan fingerprint density at radius 3 is 2.59 bits per heavy atom. The van der Waals surface area contributed by atoms with E-state index in [9.17, 15) is 0 Å². The molecule has 0 aliphatic heterocycles. The average Bonchev–Trinajstić information content (AvgIpc) is 2.88. The number of nitrogens with zero attached hydrogens (tertiary/aromatic N) is 2. The lowest BCUT2D eigenvalue weighted by Crippen LogP contribution is -1.87. The average molecular weight is 359 g/mol. The third-order valence-corrected chi connectivity index (χ3v) is 3.38. The third-order valence-electron chi connectivity index (χ3n) is 2.89. The minimum absolute atomic E-state index is 0.958. The molecule has 22 heavy (non-hydrogen) atoms. The molecular weight excluding hydrogens is 336 g/mol. The SMILES string of the molecule is C=C/C=C(\C=C/C)c1nn2ccc(Br)cc2c1/C=C/C.CC. The fraction of sp³-hybridized carbons (Fsp3) is 0.211. The summed E-state index contributed by atoms with van der Waals surface area (Å²) in [6, 6.07) is 4.06. The van der Waals surface area contributed by atoms with Gasteiger partial charge in [0.25, 0.3) is 0 Å². The molecule has 2 rings (SSSR count). The molecule has 116 valence electrons. The molecule has 2 aromatic rings. The Kier molecular flexibility index (Phi) is 7.61. The number of rotatable bonds is 4. The molecule has 3 heteroatoms. The van der Waals surface area contributed by atoms with E-state index in [1.54, 1.807) is 6.08 Å². The number of fused-ring (bicyclic) bond motifs is 1. The fourth-order valence-corrected chi connectivity index (χ4v) is 2.44. The third kappa shape index (κ3) is 4.08. The van der Waals surface area contributed by atoms with E-state index in [1.165, 1.54) is 0 Å². The summed E-state index contributed by atoms with van der Waals surface area (Å²) in [5, 5.41) is 4.69. The van der Waals surface area contributed by atoms with Crippen LogP contribution >= 0.6 is 15.9 Å². The first-order valence-electron chi connectivity index (χ1n) is 7.47. The minimum Gasteiger partial charge on any atom is -0.240 e. The van der Waals surface area contributed by atoms with Gasteiger partial charge in [0, 0.05) is 21.8 Å². The summed E-state index contributed by atoms with van der Waals surface area (Å²) in [4.78, 5) is 0. The molecule has 0 aromatic carbocycles. The van der Waals surface area contributed by atoms with Gasteiger partial charge in [-0.15, -0.1) is 0 Å². The lowest BCUT2D eigenvalue weighted by Gasteiger charge is -1.99. The molecule has 0 aliphatic rings. The zero-order chi connectivity index (χ0) is 16.5. The predicted octanol–water partition coefficient (Wildman–Crippen LogP) is 6.30. The van der Waals surface area contributed by atoms with Crippen LogP contribution in [0, 0.1) is 0 Å². The van der Waals surface area contributed by atoms with Crippen molar-refractivity contribution >= 4 is 33.1 Å². The van der Waals surface area contributed by atoms with Crippen molar-refractivity contribution in [2.45, 2.75) is 27.7 Å². The lowest BCUT2D eigenvalue weighted by atomic mass is 10.1. The highest BCUT2D eigenvalue weighted by atomic mass is 79.9. The molecule has 0 amide bonds. The predicted molar refractivity (Wildman–Crippen MR) is 102 cm³/mol. The van der Waals surface area contributed by atoms with Crippen molar-refractivity contribution in [3.05, 3.63) is 71.0 Å². The monoisotopic (exact) mass is 358 g/mol. The van der Waals surface area contributed by atoms with Crippen molar-refractivity contribution in [1.82, 2.24) is 9.61 Å². The van der Waals surface area contributed by atoms with Crippen LogP contribution in [0.25, 0.3) is 17.2 Å². The van der Waals surface area contributed by atoms with Crippen LogP contribution in [-0.4, -0.2) is 9.61 Å². The Morgan fingerprint density at radius 1 is 1.27 bits per heavy atom. The Bertz CT molecular complexity index is 718. The molecule has 0 saturated heterocycles. The number of hydrogen-bond donors (Lipinski definition) is 0. The van der Waals surface area contributed by atoms with E-state index >= 15 is 0 Å². The van der Waals surface area contributed by atoms with Gasteiger partial charge >= 0.3 is 0 Å². The van der Waals surface area contributed by atoms with Crippen LogP contribution < -0.4 is 0 Å². The topological polar surface area (TPSA) is 17.3 Å². The van der Waals surface area contributed by atoms with E-state index in [0.717, 1.165) is 26.8 Å². The van der Waals surface area contributed by atoms with Gasteiger partial charge in [0.2, 0.25) is 0 Å². The maximum absolute atomic E-state index is 4.69. The van der Waals surface area contributed by atoms with E-state index in [-0.39, 0.29) is 0 Å². The quantitative estimate of drug-likeness (QED) is 0.586. The van der Waals surface area contributed by atoms with Crippen LogP contribution in [0.1, 0.15) is 39.0 Å².